The maximum absolute atomic E-state index is 2.12. The first-order valence-electron chi connectivity index (χ1n) is 2.15. The summed E-state index contributed by atoms with van der Waals surface area (Å²) in [6.07, 6.45) is 11.5. The van der Waals surface area contributed by atoms with Gasteiger partial charge < -0.3 is 0 Å². The predicted molar refractivity (Wildman–Crippen MR) is 49.4 cm³/mol. The number of hydrogen-bond donors (Lipinski definition) is 0. The van der Waals surface area contributed by atoms with Crippen LogP contribution in [0.2, 0.25) is 0 Å². The van der Waals surface area contributed by atoms with E-state index in [-0.39, 0.29) is 36.9 Å². The van der Waals surface area contributed by atoms with Crippen LogP contribution in [0, 0.1) is 6.42 Å². The van der Waals surface area contributed by atoms with E-state index in [2.05, 4.69) is 24.3 Å². The molecule has 0 radical (unpaired) electrons. The normalized spacial score (nSPS) is 11.6. The van der Waals surface area contributed by atoms with Crippen molar-refractivity contribution in [2.24, 2.45) is 0 Å². The van der Waals surface area contributed by atoms with Gasteiger partial charge in [-0.05, 0) is 0 Å². The Hall–Kier alpha value is 0.729. The average Bonchev–Trinajstić information content (AvgIpc) is 1.72. The van der Waals surface area contributed by atoms with Crippen LogP contribution in [0.5, 0.6) is 0 Å². The van der Waals surface area contributed by atoms with Crippen LogP contribution in [0.3, 0.4) is 0 Å². The molecule has 9 heavy (non-hydrogen) atoms. The minimum absolute atomic E-state index is 0. The molecule has 0 saturated carbocycles. The van der Waals surface area contributed by atoms with Gasteiger partial charge in [-0.1, -0.05) is 0 Å². The molecule has 1 aliphatic carbocycles. The first kappa shape index (κ1) is 16.4. The molecule has 0 nitrogen and oxygen atoms in total. The first-order chi connectivity index (χ1) is 3.00. The molecule has 58 valence electrons. The number of hydrogen-bond acceptors (Lipinski definition) is 0. The van der Waals surface area contributed by atoms with Crippen LogP contribution in [0.25, 0.3) is 0 Å². The fourth-order valence-corrected chi connectivity index (χ4v) is 0.457. The molecule has 0 heterocycles. The van der Waals surface area contributed by atoms with Crippen molar-refractivity contribution in [2.75, 3.05) is 0 Å². The van der Waals surface area contributed by atoms with E-state index >= 15 is 0 Å². The van der Waals surface area contributed by atoms with Crippen molar-refractivity contribution in [3.63, 3.8) is 0 Å². The molecule has 0 fully saturated rings. The van der Waals surface area contributed by atoms with Crippen LogP contribution in [-0.2, 0) is 17.1 Å². The summed E-state index contributed by atoms with van der Waals surface area (Å²) in [7, 11) is 0. The Bertz CT molecular complexity index is 69.1. The summed E-state index contributed by atoms with van der Waals surface area (Å²) in [6.45, 7) is 0. The minimum atomic E-state index is 0. The Morgan fingerprint density at radius 1 is 1.00 bits per heavy atom. The molecule has 0 amide bonds. The first-order valence-corrected chi connectivity index (χ1v) is 2.15. The quantitative estimate of drug-likeness (QED) is 0.325. The van der Waals surface area contributed by atoms with Gasteiger partial charge in [0.1, 0.15) is 0 Å². The minimum Gasteiger partial charge on any atom is -0.187 e. The van der Waals surface area contributed by atoms with E-state index in [0.29, 0.717) is 0 Å². The summed E-state index contributed by atoms with van der Waals surface area (Å²) in [4.78, 5) is 0. The third kappa shape index (κ3) is 8.73. The van der Waals surface area contributed by atoms with Crippen LogP contribution in [0.1, 0.15) is 6.42 Å². The third-order valence-corrected chi connectivity index (χ3v) is 0.767. The third-order valence-electron chi connectivity index (χ3n) is 0.767. The summed E-state index contributed by atoms with van der Waals surface area (Å²) >= 11 is 0. The summed E-state index contributed by atoms with van der Waals surface area (Å²) in [5.74, 6) is 0. The van der Waals surface area contributed by atoms with E-state index in [1.165, 1.54) is 0 Å². The van der Waals surface area contributed by atoms with Gasteiger partial charge >= 0.3 is 17.1 Å². The zero-order valence-electron chi connectivity index (χ0n) is 5.31. The van der Waals surface area contributed by atoms with Gasteiger partial charge in [-0.3, -0.25) is 0 Å². The SMILES string of the molecule is C1=CCC=C[CH-]1.P.P.[Cu+]. The molecule has 0 bridgehead atoms. The van der Waals surface area contributed by atoms with Gasteiger partial charge in [-0.25, -0.2) is 0 Å². The van der Waals surface area contributed by atoms with E-state index in [4.69, 9.17) is 0 Å². The molecule has 2 unspecified atom stereocenters. The molecule has 1 rings (SSSR count). The second-order valence-corrected chi connectivity index (χ2v) is 1.28. The molecule has 0 aromatic carbocycles. The summed E-state index contributed by atoms with van der Waals surface area (Å²) < 4.78 is 0. The maximum atomic E-state index is 2.12. The van der Waals surface area contributed by atoms with Crippen LogP contribution in [0.15, 0.2) is 24.3 Å². The predicted octanol–water partition coefficient (Wildman–Crippen LogP) is 1.82. The van der Waals surface area contributed by atoms with Crippen molar-refractivity contribution in [1.82, 2.24) is 0 Å². The van der Waals surface area contributed by atoms with E-state index in [1.807, 2.05) is 6.42 Å². The Kier molecular flexibility index (Phi) is 21.0. The van der Waals surface area contributed by atoms with Gasteiger partial charge in [0.25, 0.3) is 0 Å². The smallest absolute Gasteiger partial charge is 0.187 e. The van der Waals surface area contributed by atoms with E-state index in [0.717, 1.165) is 6.42 Å². The maximum Gasteiger partial charge on any atom is 1.00 e. The van der Waals surface area contributed by atoms with Gasteiger partial charge in [0.05, 0.1) is 0 Å². The molecular formula is C6H13CuP2. The van der Waals surface area contributed by atoms with Crippen molar-refractivity contribution < 1.29 is 17.1 Å². The molecule has 0 aliphatic heterocycles. The topological polar surface area (TPSA) is 0 Å². The second-order valence-electron chi connectivity index (χ2n) is 1.28. The van der Waals surface area contributed by atoms with Gasteiger partial charge in [0.15, 0.2) is 0 Å². The standard InChI is InChI=1S/C6H7.Cu.2H3P/c1-2-4-6-5-3-1;;;/h1-5H,6H2;;2*1H3/q-1;+1;;. The molecule has 3 heteroatoms. The van der Waals surface area contributed by atoms with E-state index < -0.39 is 0 Å². The monoisotopic (exact) mass is 210 g/mol. The Morgan fingerprint density at radius 2 is 1.44 bits per heavy atom. The second kappa shape index (κ2) is 11.5. The zero-order chi connectivity index (χ0) is 4.24. The molecule has 1 aliphatic rings. The van der Waals surface area contributed by atoms with Gasteiger partial charge in [-0.15, -0.1) is 6.42 Å². The summed E-state index contributed by atoms with van der Waals surface area (Å²) in [6, 6.07) is 0. The molecule has 2 atom stereocenters. The largest absolute Gasteiger partial charge is 1.00 e. The fourth-order valence-electron chi connectivity index (χ4n) is 0.457. The molecular weight excluding hydrogens is 198 g/mol. The average molecular weight is 211 g/mol. The molecule has 0 spiro atoms. The van der Waals surface area contributed by atoms with Gasteiger partial charge in [-0.2, -0.15) is 50.5 Å². The van der Waals surface area contributed by atoms with Crippen molar-refractivity contribution in [3.8, 4) is 0 Å². The van der Waals surface area contributed by atoms with Gasteiger partial charge in [0.2, 0.25) is 0 Å². The van der Waals surface area contributed by atoms with Crippen LogP contribution in [-0.4, -0.2) is 0 Å². The van der Waals surface area contributed by atoms with Crippen molar-refractivity contribution in [2.45, 2.75) is 6.42 Å². The summed E-state index contributed by atoms with van der Waals surface area (Å²) in [5, 5.41) is 0. The molecule has 0 aromatic rings. The van der Waals surface area contributed by atoms with Crippen LogP contribution in [0.4, 0.5) is 0 Å². The molecule has 0 N–H and O–H groups in total. The molecule has 0 aromatic heterocycles. The van der Waals surface area contributed by atoms with Crippen molar-refractivity contribution in [1.29, 1.82) is 0 Å². The Balaban J connectivity index is -0.000000120. The van der Waals surface area contributed by atoms with Crippen LogP contribution >= 0.6 is 19.8 Å². The van der Waals surface area contributed by atoms with Crippen molar-refractivity contribution in [3.05, 3.63) is 30.7 Å². The number of rotatable bonds is 0. The van der Waals surface area contributed by atoms with E-state index in [9.17, 15) is 0 Å². The fraction of sp³-hybridized carbons (Fsp3) is 0.167. The Morgan fingerprint density at radius 3 is 1.56 bits per heavy atom. The van der Waals surface area contributed by atoms with E-state index in [1.54, 1.807) is 0 Å². The van der Waals surface area contributed by atoms with Gasteiger partial charge in [0, 0.05) is 0 Å². The molecule has 0 saturated heterocycles. The van der Waals surface area contributed by atoms with Crippen LogP contribution < -0.4 is 0 Å². The number of allylic oxidation sites excluding steroid dienone is 4. The zero-order valence-corrected chi connectivity index (χ0v) is 9.08. The summed E-state index contributed by atoms with van der Waals surface area (Å²) in [5.41, 5.74) is 0. The Labute approximate surface area is 74.3 Å². The van der Waals surface area contributed by atoms with Crippen molar-refractivity contribution >= 4 is 19.8 Å².